The van der Waals surface area contributed by atoms with Gasteiger partial charge in [0, 0.05) is 16.4 Å². The van der Waals surface area contributed by atoms with Gasteiger partial charge in [-0.1, -0.05) is 29.5 Å². The fourth-order valence-electron chi connectivity index (χ4n) is 1.45. The molecule has 0 spiro atoms. The van der Waals surface area contributed by atoms with Crippen LogP contribution in [0.25, 0.3) is 0 Å². The van der Waals surface area contributed by atoms with E-state index in [-0.39, 0.29) is 5.76 Å². The number of carboxylic acid groups (broad SMARTS) is 1. The zero-order valence-electron chi connectivity index (χ0n) is 10.5. The number of aryl methyl sites for hydroxylation is 1. The van der Waals surface area contributed by atoms with E-state index in [0.717, 1.165) is 11.5 Å². The monoisotopic (exact) mass is 294 g/mol. The largest absolute Gasteiger partial charge is 0.475 e. The first-order valence-corrected chi connectivity index (χ1v) is 7.77. The average molecular weight is 294 g/mol. The number of carbonyl (C=O) groups is 1. The van der Waals surface area contributed by atoms with Crippen molar-refractivity contribution in [2.75, 3.05) is 11.5 Å². The molecule has 0 bridgehead atoms. The SMILES string of the molecule is Cc1ccc(SCCSc2ccc(C(=O)O)o2)cc1. The minimum Gasteiger partial charge on any atom is -0.475 e. The minimum absolute atomic E-state index is 0.00584. The number of thioether (sulfide) groups is 2. The van der Waals surface area contributed by atoms with E-state index in [0.29, 0.717) is 5.09 Å². The molecule has 3 nitrogen and oxygen atoms in total. The Morgan fingerprint density at radius 1 is 1.11 bits per heavy atom. The standard InChI is InChI=1S/C14H14O3S2/c1-10-2-4-11(5-3-10)18-8-9-19-13-7-6-12(17-13)14(15)16/h2-7H,8-9H2,1H3,(H,15,16). The van der Waals surface area contributed by atoms with E-state index >= 15 is 0 Å². The summed E-state index contributed by atoms with van der Waals surface area (Å²) in [5.41, 5.74) is 1.26. The zero-order chi connectivity index (χ0) is 13.7. The average Bonchev–Trinajstić information content (AvgIpc) is 2.86. The van der Waals surface area contributed by atoms with Crippen molar-refractivity contribution in [2.24, 2.45) is 0 Å². The van der Waals surface area contributed by atoms with E-state index in [4.69, 9.17) is 9.52 Å². The lowest BCUT2D eigenvalue weighted by Gasteiger charge is -2.01. The molecule has 0 fully saturated rings. The smallest absolute Gasteiger partial charge is 0.371 e. The molecule has 0 amide bonds. The number of aromatic carboxylic acids is 1. The van der Waals surface area contributed by atoms with Crippen LogP contribution in [-0.4, -0.2) is 22.6 Å². The van der Waals surface area contributed by atoms with Crippen LogP contribution in [0, 0.1) is 6.92 Å². The molecular weight excluding hydrogens is 280 g/mol. The third-order valence-electron chi connectivity index (χ3n) is 2.41. The second-order valence-electron chi connectivity index (χ2n) is 3.93. The van der Waals surface area contributed by atoms with Crippen LogP contribution in [0.2, 0.25) is 0 Å². The van der Waals surface area contributed by atoms with Crippen molar-refractivity contribution in [1.82, 2.24) is 0 Å². The zero-order valence-corrected chi connectivity index (χ0v) is 12.1. The summed E-state index contributed by atoms with van der Waals surface area (Å²) < 4.78 is 5.17. The maximum Gasteiger partial charge on any atom is 0.371 e. The van der Waals surface area contributed by atoms with Gasteiger partial charge < -0.3 is 9.52 Å². The number of rotatable bonds is 6. The Bertz CT molecular complexity index is 546. The first-order valence-electron chi connectivity index (χ1n) is 5.80. The second kappa shape index (κ2) is 6.73. The molecule has 0 unspecified atom stereocenters. The molecule has 0 saturated heterocycles. The Morgan fingerprint density at radius 3 is 2.42 bits per heavy atom. The van der Waals surface area contributed by atoms with Gasteiger partial charge in [-0.15, -0.1) is 11.8 Å². The van der Waals surface area contributed by atoms with Gasteiger partial charge in [0.1, 0.15) is 0 Å². The summed E-state index contributed by atoms with van der Waals surface area (Å²) in [5, 5.41) is 9.39. The molecule has 0 aliphatic heterocycles. The Kier molecular flexibility index (Phi) is 4.99. The number of hydrogen-bond donors (Lipinski definition) is 1. The highest BCUT2D eigenvalue weighted by Gasteiger charge is 2.08. The Labute approximate surface area is 120 Å². The molecule has 0 saturated carbocycles. The number of hydrogen-bond acceptors (Lipinski definition) is 4. The highest BCUT2D eigenvalue weighted by Crippen LogP contribution is 2.24. The van der Waals surface area contributed by atoms with Crippen LogP contribution in [-0.2, 0) is 0 Å². The molecule has 0 aliphatic carbocycles. The normalized spacial score (nSPS) is 10.6. The van der Waals surface area contributed by atoms with Crippen LogP contribution in [0.3, 0.4) is 0 Å². The van der Waals surface area contributed by atoms with Crippen molar-refractivity contribution in [2.45, 2.75) is 16.9 Å². The van der Waals surface area contributed by atoms with Gasteiger partial charge >= 0.3 is 5.97 Å². The van der Waals surface area contributed by atoms with Crippen molar-refractivity contribution in [3.8, 4) is 0 Å². The molecule has 5 heteroatoms. The molecular formula is C14H14O3S2. The van der Waals surface area contributed by atoms with E-state index in [1.54, 1.807) is 17.8 Å². The molecule has 2 rings (SSSR count). The van der Waals surface area contributed by atoms with Crippen molar-refractivity contribution in [1.29, 1.82) is 0 Å². The summed E-state index contributed by atoms with van der Waals surface area (Å²) in [7, 11) is 0. The van der Waals surface area contributed by atoms with Crippen LogP contribution in [0.4, 0.5) is 0 Å². The van der Waals surface area contributed by atoms with Gasteiger partial charge in [-0.2, -0.15) is 0 Å². The number of benzene rings is 1. The highest BCUT2D eigenvalue weighted by atomic mass is 32.2. The van der Waals surface area contributed by atoms with Crippen molar-refractivity contribution in [3.05, 3.63) is 47.7 Å². The lowest BCUT2D eigenvalue weighted by molar-refractivity contribution is 0.0656. The lowest BCUT2D eigenvalue weighted by Crippen LogP contribution is -1.91. The summed E-state index contributed by atoms with van der Waals surface area (Å²) in [5.74, 6) is 0.802. The van der Waals surface area contributed by atoms with Gasteiger partial charge in [-0.3, -0.25) is 0 Å². The van der Waals surface area contributed by atoms with E-state index in [1.165, 1.54) is 28.3 Å². The van der Waals surface area contributed by atoms with E-state index in [9.17, 15) is 4.79 Å². The van der Waals surface area contributed by atoms with Gasteiger partial charge in [0.15, 0.2) is 5.09 Å². The molecule has 0 aliphatic rings. The lowest BCUT2D eigenvalue weighted by atomic mass is 10.2. The molecule has 1 heterocycles. The Hall–Kier alpha value is -1.33. The second-order valence-corrected chi connectivity index (χ2v) is 6.20. The molecule has 1 aromatic heterocycles. The van der Waals surface area contributed by atoms with Gasteiger partial charge in [-0.25, -0.2) is 4.79 Å². The summed E-state index contributed by atoms with van der Waals surface area (Å²) in [6.07, 6.45) is 0. The maximum atomic E-state index is 10.6. The topological polar surface area (TPSA) is 50.4 Å². The molecule has 1 N–H and O–H groups in total. The summed E-state index contributed by atoms with van der Waals surface area (Å²) in [4.78, 5) is 11.9. The fraction of sp³-hybridized carbons (Fsp3) is 0.214. The quantitative estimate of drug-likeness (QED) is 0.640. The van der Waals surface area contributed by atoms with Gasteiger partial charge in [-0.05, 0) is 31.2 Å². The predicted octanol–water partition coefficient (Wildman–Crippen LogP) is 4.17. The number of carboxylic acids is 1. The van der Waals surface area contributed by atoms with Crippen LogP contribution in [0.15, 0.2) is 50.8 Å². The van der Waals surface area contributed by atoms with Crippen molar-refractivity contribution >= 4 is 29.5 Å². The molecule has 100 valence electrons. The third kappa shape index (κ3) is 4.36. The molecule has 2 aromatic rings. The Balaban J connectivity index is 1.74. The molecule has 19 heavy (non-hydrogen) atoms. The van der Waals surface area contributed by atoms with Crippen molar-refractivity contribution < 1.29 is 14.3 Å². The summed E-state index contributed by atoms with van der Waals surface area (Å²) >= 11 is 3.31. The Morgan fingerprint density at radius 2 is 1.79 bits per heavy atom. The van der Waals surface area contributed by atoms with Gasteiger partial charge in [0.2, 0.25) is 5.76 Å². The fourth-order valence-corrected chi connectivity index (χ4v) is 3.19. The van der Waals surface area contributed by atoms with Crippen LogP contribution in [0.1, 0.15) is 16.1 Å². The number of furan rings is 1. The van der Waals surface area contributed by atoms with Gasteiger partial charge in [0.25, 0.3) is 0 Å². The summed E-state index contributed by atoms with van der Waals surface area (Å²) in [6.45, 7) is 2.07. The van der Waals surface area contributed by atoms with E-state index < -0.39 is 5.97 Å². The minimum atomic E-state index is -1.03. The van der Waals surface area contributed by atoms with Crippen LogP contribution >= 0.6 is 23.5 Å². The predicted molar refractivity (Wildman–Crippen MR) is 78.3 cm³/mol. The van der Waals surface area contributed by atoms with Gasteiger partial charge in [0.05, 0.1) is 0 Å². The summed E-state index contributed by atoms with van der Waals surface area (Å²) in [6, 6.07) is 11.6. The van der Waals surface area contributed by atoms with Crippen LogP contribution in [0.5, 0.6) is 0 Å². The van der Waals surface area contributed by atoms with E-state index in [2.05, 4.69) is 31.2 Å². The first-order chi connectivity index (χ1) is 9.15. The molecule has 0 radical (unpaired) electrons. The highest BCUT2D eigenvalue weighted by molar-refractivity contribution is 8.02. The molecule has 0 atom stereocenters. The van der Waals surface area contributed by atoms with E-state index in [1.807, 2.05) is 0 Å². The third-order valence-corrected chi connectivity index (χ3v) is 4.59. The molecule has 1 aromatic carbocycles. The first kappa shape index (κ1) is 14.1. The van der Waals surface area contributed by atoms with Crippen molar-refractivity contribution in [3.63, 3.8) is 0 Å². The van der Waals surface area contributed by atoms with Crippen LogP contribution < -0.4 is 0 Å². The maximum absolute atomic E-state index is 10.6.